The number of amides is 2. The molecule has 1 aromatic rings. The van der Waals surface area contributed by atoms with Gasteiger partial charge in [-0.15, -0.1) is 0 Å². The van der Waals surface area contributed by atoms with Crippen LogP contribution in [0.3, 0.4) is 0 Å². The summed E-state index contributed by atoms with van der Waals surface area (Å²) in [6, 6.07) is 6.92. The number of rotatable bonds is 6. The zero-order chi connectivity index (χ0) is 19.1. The van der Waals surface area contributed by atoms with Crippen LogP contribution in [0.5, 0.6) is 0 Å². The molecule has 6 nitrogen and oxygen atoms in total. The van der Waals surface area contributed by atoms with Crippen LogP contribution in [0.25, 0.3) is 0 Å². The number of benzene rings is 1. The van der Waals surface area contributed by atoms with Crippen molar-refractivity contribution in [2.45, 2.75) is 65.1 Å². The van der Waals surface area contributed by atoms with Crippen LogP contribution in [0.15, 0.2) is 24.3 Å². The van der Waals surface area contributed by atoms with Crippen LogP contribution < -0.4 is 10.6 Å². The lowest BCUT2D eigenvalue weighted by atomic mass is 9.86. The van der Waals surface area contributed by atoms with Gasteiger partial charge in [0.15, 0.2) is 6.10 Å². The van der Waals surface area contributed by atoms with Gasteiger partial charge in [0.1, 0.15) is 0 Å². The summed E-state index contributed by atoms with van der Waals surface area (Å²) in [4.78, 5) is 35.4. The van der Waals surface area contributed by atoms with Crippen molar-refractivity contribution in [3.63, 3.8) is 0 Å². The Balaban J connectivity index is 1.85. The third-order valence-electron chi connectivity index (χ3n) is 4.82. The molecule has 0 heterocycles. The van der Waals surface area contributed by atoms with Crippen molar-refractivity contribution >= 4 is 17.8 Å². The number of carbonyl (C=O) groups is 3. The highest BCUT2D eigenvalue weighted by atomic mass is 16.5. The van der Waals surface area contributed by atoms with Gasteiger partial charge in [0, 0.05) is 19.5 Å². The van der Waals surface area contributed by atoms with Crippen molar-refractivity contribution in [3.8, 4) is 0 Å². The fourth-order valence-corrected chi connectivity index (χ4v) is 3.10. The molecule has 0 saturated heterocycles. The van der Waals surface area contributed by atoms with E-state index in [4.69, 9.17) is 4.74 Å². The molecular weight excluding hydrogens is 332 g/mol. The molecule has 2 rings (SSSR count). The molecule has 26 heavy (non-hydrogen) atoms. The number of hydrogen-bond acceptors (Lipinski definition) is 4. The Bertz CT molecular complexity index is 642. The van der Waals surface area contributed by atoms with E-state index < -0.39 is 12.1 Å². The zero-order valence-corrected chi connectivity index (χ0v) is 15.7. The summed E-state index contributed by atoms with van der Waals surface area (Å²) in [6.07, 6.45) is 3.58. The van der Waals surface area contributed by atoms with E-state index in [2.05, 4.69) is 17.6 Å². The molecule has 0 bridgehead atoms. The van der Waals surface area contributed by atoms with E-state index in [-0.39, 0.29) is 17.9 Å². The van der Waals surface area contributed by atoms with Gasteiger partial charge in [-0.3, -0.25) is 9.59 Å². The van der Waals surface area contributed by atoms with Crippen LogP contribution in [0.2, 0.25) is 0 Å². The van der Waals surface area contributed by atoms with Gasteiger partial charge in [-0.2, -0.15) is 0 Å². The first-order valence-corrected chi connectivity index (χ1v) is 9.21. The highest BCUT2D eigenvalue weighted by Crippen LogP contribution is 2.23. The molecule has 6 heteroatoms. The second kappa shape index (κ2) is 9.36. The van der Waals surface area contributed by atoms with Crippen molar-refractivity contribution in [3.05, 3.63) is 35.4 Å². The molecule has 1 aliphatic rings. The third kappa shape index (κ3) is 5.86. The molecule has 0 radical (unpaired) electrons. The highest BCUT2D eigenvalue weighted by molar-refractivity contribution is 5.92. The van der Waals surface area contributed by atoms with Crippen molar-refractivity contribution in [2.24, 2.45) is 5.92 Å². The lowest BCUT2D eigenvalue weighted by Gasteiger charge is -2.30. The molecule has 2 amide bonds. The molecule has 0 aliphatic heterocycles. The van der Waals surface area contributed by atoms with Crippen LogP contribution in [-0.2, 0) is 20.9 Å². The van der Waals surface area contributed by atoms with E-state index in [0.29, 0.717) is 18.0 Å². The quantitative estimate of drug-likeness (QED) is 0.764. The first kappa shape index (κ1) is 19.9. The predicted octanol–water partition coefficient (Wildman–Crippen LogP) is 2.56. The molecular formula is C20H28N2O4. The smallest absolute Gasteiger partial charge is 0.338 e. The lowest BCUT2D eigenvalue weighted by molar-refractivity contribution is -0.130. The standard InChI is InChI=1S/C20H28N2O4/c1-13-6-4-5-7-18(13)22-19(24)14(2)26-20(25)17-10-8-16(9-11-17)12-21-15(3)23/h8-11,13-14,18H,4-7,12H2,1-3H3,(H,21,23)(H,22,24). The number of ether oxygens (including phenoxy) is 1. The first-order valence-electron chi connectivity index (χ1n) is 9.21. The Morgan fingerprint density at radius 1 is 1.15 bits per heavy atom. The maximum atomic E-state index is 12.3. The van der Waals surface area contributed by atoms with Gasteiger partial charge >= 0.3 is 5.97 Å². The predicted molar refractivity (Wildman–Crippen MR) is 98.4 cm³/mol. The van der Waals surface area contributed by atoms with Gasteiger partial charge in [-0.25, -0.2) is 4.79 Å². The van der Waals surface area contributed by atoms with Crippen LogP contribution in [0.1, 0.15) is 62.4 Å². The van der Waals surface area contributed by atoms with Gasteiger partial charge in [0.25, 0.3) is 5.91 Å². The molecule has 2 N–H and O–H groups in total. The van der Waals surface area contributed by atoms with E-state index in [1.807, 2.05) is 0 Å². The van der Waals surface area contributed by atoms with Crippen molar-refractivity contribution in [2.75, 3.05) is 0 Å². The maximum Gasteiger partial charge on any atom is 0.338 e. The summed E-state index contributed by atoms with van der Waals surface area (Å²) in [6.45, 7) is 5.59. The summed E-state index contributed by atoms with van der Waals surface area (Å²) >= 11 is 0. The van der Waals surface area contributed by atoms with Crippen molar-refractivity contribution < 1.29 is 19.1 Å². The molecule has 1 fully saturated rings. The van der Waals surface area contributed by atoms with Crippen LogP contribution in [0, 0.1) is 5.92 Å². The zero-order valence-electron chi connectivity index (χ0n) is 15.7. The minimum absolute atomic E-state index is 0.111. The van der Waals surface area contributed by atoms with E-state index in [1.54, 1.807) is 31.2 Å². The Kier molecular flexibility index (Phi) is 7.18. The minimum atomic E-state index is -0.837. The van der Waals surface area contributed by atoms with Gasteiger partial charge in [-0.1, -0.05) is 31.9 Å². The second-order valence-corrected chi connectivity index (χ2v) is 7.03. The Labute approximate surface area is 154 Å². The van der Waals surface area contributed by atoms with Crippen molar-refractivity contribution in [1.82, 2.24) is 10.6 Å². The monoisotopic (exact) mass is 360 g/mol. The number of esters is 1. The first-order chi connectivity index (χ1) is 12.4. The fourth-order valence-electron chi connectivity index (χ4n) is 3.10. The number of carbonyl (C=O) groups excluding carboxylic acids is 3. The molecule has 1 aliphatic carbocycles. The summed E-state index contributed by atoms with van der Waals surface area (Å²) in [7, 11) is 0. The Morgan fingerprint density at radius 2 is 1.81 bits per heavy atom. The van der Waals surface area contributed by atoms with E-state index >= 15 is 0 Å². The molecule has 3 unspecified atom stereocenters. The van der Waals surface area contributed by atoms with Crippen LogP contribution in [-0.4, -0.2) is 29.9 Å². The molecule has 3 atom stereocenters. The van der Waals surface area contributed by atoms with E-state index in [1.165, 1.54) is 13.3 Å². The van der Waals surface area contributed by atoms with Crippen LogP contribution in [0.4, 0.5) is 0 Å². The largest absolute Gasteiger partial charge is 0.449 e. The Morgan fingerprint density at radius 3 is 2.42 bits per heavy atom. The van der Waals surface area contributed by atoms with Gasteiger partial charge in [-0.05, 0) is 43.4 Å². The third-order valence-corrected chi connectivity index (χ3v) is 4.82. The van der Waals surface area contributed by atoms with Crippen LogP contribution >= 0.6 is 0 Å². The average molecular weight is 360 g/mol. The molecule has 0 aromatic heterocycles. The topological polar surface area (TPSA) is 84.5 Å². The van der Waals surface area contributed by atoms with Crippen molar-refractivity contribution in [1.29, 1.82) is 0 Å². The normalized spacial score (nSPS) is 20.7. The highest BCUT2D eigenvalue weighted by Gasteiger charge is 2.26. The summed E-state index contributed by atoms with van der Waals surface area (Å²) in [5.74, 6) is -0.442. The van der Waals surface area contributed by atoms with E-state index in [0.717, 1.165) is 24.8 Å². The van der Waals surface area contributed by atoms with E-state index in [9.17, 15) is 14.4 Å². The molecule has 1 aromatic carbocycles. The molecule has 142 valence electrons. The number of nitrogens with one attached hydrogen (secondary N) is 2. The second-order valence-electron chi connectivity index (χ2n) is 7.03. The van der Waals surface area contributed by atoms with Gasteiger partial charge < -0.3 is 15.4 Å². The average Bonchev–Trinajstić information content (AvgIpc) is 2.62. The SMILES string of the molecule is CC(=O)NCc1ccc(C(=O)OC(C)C(=O)NC2CCCCC2C)cc1. The summed E-state index contributed by atoms with van der Waals surface area (Å²) in [5.41, 5.74) is 1.26. The molecule has 1 saturated carbocycles. The Hall–Kier alpha value is -2.37. The maximum absolute atomic E-state index is 12.3. The van der Waals surface area contributed by atoms with Gasteiger partial charge in [0.05, 0.1) is 5.56 Å². The fraction of sp³-hybridized carbons (Fsp3) is 0.550. The number of hydrogen-bond donors (Lipinski definition) is 2. The summed E-state index contributed by atoms with van der Waals surface area (Å²) < 4.78 is 5.29. The lowest BCUT2D eigenvalue weighted by Crippen LogP contribution is -2.45. The summed E-state index contributed by atoms with van der Waals surface area (Å²) in [5, 5.41) is 5.70. The molecule has 0 spiro atoms. The minimum Gasteiger partial charge on any atom is -0.449 e. The van der Waals surface area contributed by atoms with Gasteiger partial charge in [0.2, 0.25) is 5.91 Å².